The minimum atomic E-state index is -0.342. The molecule has 1 saturated heterocycles. The number of aromatic nitrogens is 1. The molecule has 126 valence electrons. The number of aryl methyl sites for hydroxylation is 1. The molecule has 1 aromatic carbocycles. The molecule has 2 heterocycles. The molecule has 2 atom stereocenters. The SMILES string of the molecule is Cc1cc(NC(=O)[C@H]2NCCO[C@@H]2C)ccc1Oc1cccnc1. The summed E-state index contributed by atoms with van der Waals surface area (Å²) in [5.74, 6) is 1.31. The van der Waals surface area contributed by atoms with Crippen molar-refractivity contribution in [3.05, 3.63) is 48.3 Å². The molecule has 2 N–H and O–H groups in total. The average molecular weight is 327 g/mol. The molecule has 0 saturated carbocycles. The van der Waals surface area contributed by atoms with Crippen molar-refractivity contribution in [3.8, 4) is 11.5 Å². The number of pyridine rings is 1. The molecule has 0 radical (unpaired) electrons. The molecule has 1 aliphatic heterocycles. The van der Waals surface area contributed by atoms with Gasteiger partial charge in [-0.15, -0.1) is 0 Å². The fourth-order valence-electron chi connectivity index (χ4n) is 2.62. The number of benzene rings is 1. The van der Waals surface area contributed by atoms with E-state index in [9.17, 15) is 4.79 Å². The van der Waals surface area contributed by atoms with Gasteiger partial charge in [0.25, 0.3) is 0 Å². The van der Waals surface area contributed by atoms with Crippen molar-refractivity contribution in [3.63, 3.8) is 0 Å². The van der Waals surface area contributed by atoms with Crippen molar-refractivity contribution in [2.75, 3.05) is 18.5 Å². The highest BCUT2D eigenvalue weighted by molar-refractivity contribution is 5.95. The number of anilines is 1. The summed E-state index contributed by atoms with van der Waals surface area (Å²) in [5, 5.41) is 6.10. The number of morpholine rings is 1. The van der Waals surface area contributed by atoms with Gasteiger partial charge in [0.2, 0.25) is 5.91 Å². The Hall–Kier alpha value is -2.44. The summed E-state index contributed by atoms with van der Waals surface area (Å²) in [6.45, 7) is 5.14. The van der Waals surface area contributed by atoms with Crippen LogP contribution in [-0.2, 0) is 9.53 Å². The Morgan fingerprint density at radius 2 is 2.29 bits per heavy atom. The van der Waals surface area contributed by atoms with E-state index >= 15 is 0 Å². The first kappa shape index (κ1) is 16.4. The van der Waals surface area contributed by atoms with Crippen molar-refractivity contribution < 1.29 is 14.3 Å². The zero-order chi connectivity index (χ0) is 16.9. The summed E-state index contributed by atoms with van der Waals surface area (Å²) in [6, 6.07) is 8.87. The van der Waals surface area contributed by atoms with Gasteiger partial charge in [0, 0.05) is 18.4 Å². The zero-order valence-corrected chi connectivity index (χ0v) is 13.8. The van der Waals surface area contributed by atoms with Gasteiger partial charge >= 0.3 is 0 Å². The second kappa shape index (κ2) is 7.42. The molecule has 0 unspecified atom stereocenters. The summed E-state index contributed by atoms with van der Waals surface area (Å²) in [4.78, 5) is 16.4. The van der Waals surface area contributed by atoms with Gasteiger partial charge in [-0.2, -0.15) is 0 Å². The summed E-state index contributed by atoms with van der Waals surface area (Å²) in [7, 11) is 0. The van der Waals surface area contributed by atoms with Crippen LogP contribution in [0.15, 0.2) is 42.7 Å². The molecule has 24 heavy (non-hydrogen) atoms. The van der Waals surface area contributed by atoms with Crippen LogP contribution in [0.1, 0.15) is 12.5 Å². The maximum atomic E-state index is 12.4. The molecule has 6 nitrogen and oxygen atoms in total. The first-order chi connectivity index (χ1) is 11.6. The van der Waals surface area contributed by atoms with E-state index in [1.165, 1.54) is 0 Å². The monoisotopic (exact) mass is 327 g/mol. The van der Waals surface area contributed by atoms with Gasteiger partial charge in [0.15, 0.2) is 0 Å². The van der Waals surface area contributed by atoms with Gasteiger partial charge in [-0.25, -0.2) is 0 Å². The molecular weight excluding hydrogens is 306 g/mol. The van der Waals surface area contributed by atoms with Crippen LogP contribution < -0.4 is 15.4 Å². The first-order valence-electron chi connectivity index (χ1n) is 7.98. The highest BCUT2D eigenvalue weighted by Gasteiger charge is 2.28. The van der Waals surface area contributed by atoms with Crippen LogP contribution in [0.2, 0.25) is 0 Å². The van der Waals surface area contributed by atoms with Gasteiger partial charge in [-0.05, 0) is 49.7 Å². The predicted molar refractivity (Wildman–Crippen MR) is 91.3 cm³/mol. The first-order valence-corrected chi connectivity index (χ1v) is 7.98. The summed E-state index contributed by atoms with van der Waals surface area (Å²) in [6.07, 6.45) is 3.21. The number of rotatable bonds is 4. The van der Waals surface area contributed by atoms with Crippen molar-refractivity contribution >= 4 is 11.6 Å². The number of hydrogen-bond acceptors (Lipinski definition) is 5. The largest absolute Gasteiger partial charge is 0.455 e. The standard InChI is InChI=1S/C18H21N3O3/c1-12-10-14(21-18(22)17-13(2)23-9-8-20-17)5-6-16(12)24-15-4-3-7-19-11-15/h3-7,10-11,13,17,20H,8-9H2,1-2H3,(H,21,22)/t13-,17+/m1/s1. The van der Waals surface area contributed by atoms with Crippen LogP contribution in [0.25, 0.3) is 0 Å². The summed E-state index contributed by atoms with van der Waals surface area (Å²) >= 11 is 0. The Morgan fingerprint density at radius 3 is 3.00 bits per heavy atom. The Kier molecular flexibility index (Phi) is 5.08. The smallest absolute Gasteiger partial charge is 0.244 e. The molecule has 3 rings (SSSR count). The number of nitrogens with one attached hydrogen (secondary N) is 2. The van der Waals surface area contributed by atoms with Crippen LogP contribution in [0.5, 0.6) is 11.5 Å². The third-order valence-corrected chi connectivity index (χ3v) is 3.90. The third-order valence-electron chi connectivity index (χ3n) is 3.90. The lowest BCUT2D eigenvalue weighted by Gasteiger charge is -2.29. The Bertz CT molecular complexity index is 706. The van der Waals surface area contributed by atoms with Crippen molar-refractivity contribution in [2.45, 2.75) is 26.0 Å². The average Bonchev–Trinajstić information content (AvgIpc) is 2.58. The van der Waals surface area contributed by atoms with E-state index in [1.807, 2.05) is 44.2 Å². The number of nitrogens with zero attached hydrogens (tertiary/aromatic N) is 1. The van der Waals surface area contributed by atoms with Gasteiger partial charge in [0.05, 0.1) is 18.9 Å². The maximum absolute atomic E-state index is 12.4. The van der Waals surface area contributed by atoms with Crippen molar-refractivity contribution in [1.82, 2.24) is 10.3 Å². The van der Waals surface area contributed by atoms with E-state index in [4.69, 9.17) is 9.47 Å². The van der Waals surface area contributed by atoms with Gasteiger partial charge < -0.3 is 20.1 Å². The van der Waals surface area contributed by atoms with E-state index in [2.05, 4.69) is 15.6 Å². The Labute approximate surface area is 141 Å². The summed E-state index contributed by atoms with van der Waals surface area (Å²) < 4.78 is 11.3. The van der Waals surface area contributed by atoms with Crippen LogP contribution in [0.4, 0.5) is 5.69 Å². The van der Waals surface area contributed by atoms with E-state index in [1.54, 1.807) is 12.4 Å². The molecule has 1 aliphatic rings. The Morgan fingerprint density at radius 1 is 1.42 bits per heavy atom. The van der Waals surface area contributed by atoms with Gasteiger partial charge in [-0.1, -0.05) is 0 Å². The molecule has 0 spiro atoms. The third kappa shape index (κ3) is 3.90. The highest BCUT2D eigenvalue weighted by Crippen LogP contribution is 2.27. The second-order valence-corrected chi connectivity index (χ2v) is 5.77. The normalized spacial score (nSPS) is 20.4. The van der Waals surface area contributed by atoms with Gasteiger partial charge in [0.1, 0.15) is 17.5 Å². The minimum absolute atomic E-state index is 0.0949. The van der Waals surface area contributed by atoms with E-state index < -0.39 is 0 Å². The Balaban J connectivity index is 1.67. The van der Waals surface area contributed by atoms with Crippen LogP contribution in [-0.4, -0.2) is 36.2 Å². The number of carbonyl (C=O) groups is 1. The molecule has 1 amide bonds. The molecule has 0 aliphatic carbocycles. The molecule has 1 fully saturated rings. The van der Waals surface area contributed by atoms with E-state index in [0.29, 0.717) is 18.9 Å². The number of amides is 1. The second-order valence-electron chi connectivity index (χ2n) is 5.77. The zero-order valence-electron chi connectivity index (χ0n) is 13.8. The van der Waals surface area contributed by atoms with E-state index in [-0.39, 0.29) is 18.1 Å². The van der Waals surface area contributed by atoms with E-state index in [0.717, 1.165) is 17.0 Å². The quantitative estimate of drug-likeness (QED) is 0.903. The number of hydrogen-bond donors (Lipinski definition) is 2. The lowest BCUT2D eigenvalue weighted by Crippen LogP contribution is -2.53. The summed E-state index contributed by atoms with van der Waals surface area (Å²) in [5.41, 5.74) is 1.66. The van der Waals surface area contributed by atoms with Crippen LogP contribution in [0.3, 0.4) is 0 Å². The van der Waals surface area contributed by atoms with Crippen molar-refractivity contribution in [1.29, 1.82) is 0 Å². The topological polar surface area (TPSA) is 72.5 Å². The number of carbonyl (C=O) groups excluding carboxylic acids is 1. The van der Waals surface area contributed by atoms with Gasteiger partial charge in [-0.3, -0.25) is 9.78 Å². The predicted octanol–water partition coefficient (Wildman–Crippen LogP) is 2.50. The molecule has 0 bridgehead atoms. The lowest BCUT2D eigenvalue weighted by atomic mass is 10.1. The van der Waals surface area contributed by atoms with Crippen molar-refractivity contribution in [2.24, 2.45) is 0 Å². The fraction of sp³-hybridized carbons (Fsp3) is 0.333. The molecule has 2 aromatic rings. The lowest BCUT2D eigenvalue weighted by molar-refractivity contribution is -0.123. The minimum Gasteiger partial charge on any atom is -0.455 e. The fourth-order valence-corrected chi connectivity index (χ4v) is 2.62. The molecule has 1 aromatic heterocycles. The number of ether oxygens (including phenoxy) is 2. The van der Waals surface area contributed by atoms with Crippen LogP contribution in [0, 0.1) is 6.92 Å². The van der Waals surface area contributed by atoms with Crippen LogP contribution >= 0.6 is 0 Å². The highest BCUT2D eigenvalue weighted by atomic mass is 16.5. The maximum Gasteiger partial charge on any atom is 0.244 e. The molecular formula is C18H21N3O3. The molecule has 6 heteroatoms.